The van der Waals surface area contributed by atoms with Crippen LogP contribution in [0.25, 0.3) is 0 Å². The molecular formula is C24H36O10. The number of aliphatic carboxylic acids is 4. The Kier molecular flexibility index (Phi) is 11.9. The van der Waals surface area contributed by atoms with E-state index in [1.165, 1.54) is 0 Å². The first kappa shape index (κ1) is 29.3. The van der Waals surface area contributed by atoms with Gasteiger partial charge >= 0.3 is 23.9 Å². The van der Waals surface area contributed by atoms with Crippen molar-refractivity contribution in [1.29, 1.82) is 0 Å². The molecule has 0 aromatic rings. The Balaban J connectivity index is 3.53. The van der Waals surface area contributed by atoms with Crippen LogP contribution in [-0.4, -0.2) is 55.9 Å². The van der Waals surface area contributed by atoms with Gasteiger partial charge in [-0.3, -0.25) is 28.8 Å². The number of hydrogen-bond donors (Lipinski definition) is 4. The van der Waals surface area contributed by atoms with E-state index in [9.17, 15) is 49.2 Å². The van der Waals surface area contributed by atoms with Crippen molar-refractivity contribution in [3.8, 4) is 0 Å². The average Bonchev–Trinajstić information content (AvgIpc) is 2.76. The minimum Gasteiger partial charge on any atom is -0.481 e. The lowest BCUT2D eigenvalue weighted by atomic mass is 9.63. The monoisotopic (exact) mass is 484 g/mol. The Hall–Kier alpha value is -2.78. The summed E-state index contributed by atoms with van der Waals surface area (Å²) in [5.41, 5.74) is -2.99. The molecule has 0 atom stereocenters. The molecule has 0 spiro atoms. The molecule has 0 radical (unpaired) electrons. The highest BCUT2D eigenvalue weighted by molar-refractivity contribution is 6.41. The van der Waals surface area contributed by atoms with E-state index >= 15 is 0 Å². The van der Waals surface area contributed by atoms with E-state index in [0.717, 1.165) is 25.7 Å². The molecule has 1 aliphatic carbocycles. The number of rotatable bonds is 12. The van der Waals surface area contributed by atoms with Crippen LogP contribution < -0.4 is 0 Å². The standard InChI is InChI=1S/C24H36O10/c25-17(26)7-13-23(14-8-18(27)28)11-5-3-1-2-4-6-12-24(15-9-19(29)30,16-10-20(31)32)22(34)21(23)33/h1-16H2,(H,25,26)(H,27,28)(H,29,30)(H,31,32). The number of hydrogen-bond acceptors (Lipinski definition) is 6. The predicted molar refractivity (Wildman–Crippen MR) is 119 cm³/mol. The van der Waals surface area contributed by atoms with Crippen LogP contribution in [0, 0.1) is 10.8 Å². The highest BCUT2D eigenvalue weighted by atomic mass is 16.4. The Bertz CT molecular complexity index is 670. The third kappa shape index (κ3) is 9.23. The van der Waals surface area contributed by atoms with Crippen LogP contribution in [0.1, 0.15) is 103 Å². The second-order valence-corrected chi connectivity index (χ2v) is 9.42. The quantitative estimate of drug-likeness (QED) is 0.298. The van der Waals surface area contributed by atoms with Crippen molar-refractivity contribution < 1.29 is 49.2 Å². The molecule has 1 aliphatic rings. The van der Waals surface area contributed by atoms with E-state index in [1.54, 1.807) is 0 Å². The molecule has 0 bridgehead atoms. The van der Waals surface area contributed by atoms with Gasteiger partial charge in [-0.15, -0.1) is 0 Å². The van der Waals surface area contributed by atoms with Gasteiger partial charge in [0.1, 0.15) is 0 Å². The lowest BCUT2D eigenvalue weighted by Gasteiger charge is -2.38. The maximum atomic E-state index is 13.8. The Morgan fingerprint density at radius 3 is 0.971 bits per heavy atom. The molecule has 0 aromatic heterocycles. The SMILES string of the molecule is O=C(O)CCC1(CCC(=O)O)CCCCCCCCC(CCC(=O)O)(CCC(=O)O)C(=O)C1=O. The molecule has 0 saturated heterocycles. The van der Waals surface area contributed by atoms with Crippen molar-refractivity contribution in [2.75, 3.05) is 0 Å². The minimum absolute atomic E-state index is 0.159. The van der Waals surface area contributed by atoms with Gasteiger partial charge in [0.05, 0.1) is 0 Å². The van der Waals surface area contributed by atoms with Gasteiger partial charge in [0.2, 0.25) is 11.6 Å². The first-order valence-electron chi connectivity index (χ1n) is 11.9. The molecule has 0 heterocycles. The van der Waals surface area contributed by atoms with E-state index < -0.39 is 72.0 Å². The molecule has 0 aliphatic heterocycles. The molecule has 0 unspecified atom stereocenters. The topological polar surface area (TPSA) is 183 Å². The summed E-state index contributed by atoms with van der Waals surface area (Å²) >= 11 is 0. The van der Waals surface area contributed by atoms with E-state index in [-0.39, 0.29) is 38.5 Å². The van der Waals surface area contributed by atoms with E-state index in [4.69, 9.17) is 0 Å². The lowest BCUT2D eigenvalue weighted by Crippen LogP contribution is -2.46. The molecule has 1 rings (SSSR count). The van der Waals surface area contributed by atoms with Crippen LogP contribution in [-0.2, 0) is 28.8 Å². The number of carbonyl (C=O) groups excluding carboxylic acids is 2. The zero-order valence-corrected chi connectivity index (χ0v) is 19.6. The summed E-state index contributed by atoms with van der Waals surface area (Å²) in [5, 5.41) is 37.0. The van der Waals surface area contributed by atoms with Crippen molar-refractivity contribution in [1.82, 2.24) is 0 Å². The van der Waals surface area contributed by atoms with Crippen LogP contribution in [0.4, 0.5) is 0 Å². The Morgan fingerprint density at radius 2 is 0.735 bits per heavy atom. The molecule has 192 valence electrons. The minimum atomic E-state index is -1.50. The van der Waals surface area contributed by atoms with Gasteiger partial charge in [-0.1, -0.05) is 38.5 Å². The van der Waals surface area contributed by atoms with Gasteiger partial charge in [-0.2, -0.15) is 0 Å². The zero-order chi connectivity index (χ0) is 25.8. The zero-order valence-electron chi connectivity index (χ0n) is 19.6. The van der Waals surface area contributed by atoms with Gasteiger partial charge in [0.25, 0.3) is 0 Å². The second kappa shape index (κ2) is 13.8. The number of Topliss-reactive ketones (excluding diaryl/α,β-unsaturated/α-hetero) is 2. The molecule has 1 saturated carbocycles. The van der Waals surface area contributed by atoms with Crippen LogP contribution in [0.15, 0.2) is 0 Å². The second-order valence-electron chi connectivity index (χ2n) is 9.42. The first-order chi connectivity index (χ1) is 15.9. The van der Waals surface area contributed by atoms with Crippen molar-refractivity contribution >= 4 is 35.4 Å². The third-order valence-electron chi connectivity index (χ3n) is 7.00. The van der Waals surface area contributed by atoms with Crippen molar-refractivity contribution in [3.05, 3.63) is 0 Å². The fraction of sp³-hybridized carbons (Fsp3) is 0.750. The summed E-state index contributed by atoms with van der Waals surface area (Å²) < 4.78 is 0. The maximum absolute atomic E-state index is 13.8. The molecule has 10 nitrogen and oxygen atoms in total. The normalized spacial score (nSPS) is 18.9. The molecule has 34 heavy (non-hydrogen) atoms. The van der Waals surface area contributed by atoms with Crippen LogP contribution >= 0.6 is 0 Å². The molecule has 0 aromatic carbocycles. The van der Waals surface area contributed by atoms with Gasteiger partial charge in [0, 0.05) is 36.5 Å². The van der Waals surface area contributed by atoms with Crippen LogP contribution in [0.2, 0.25) is 0 Å². The van der Waals surface area contributed by atoms with Crippen LogP contribution in [0.3, 0.4) is 0 Å². The van der Waals surface area contributed by atoms with Crippen molar-refractivity contribution in [3.63, 3.8) is 0 Å². The fourth-order valence-corrected chi connectivity index (χ4v) is 4.93. The highest BCUT2D eigenvalue weighted by Crippen LogP contribution is 2.44. The van der Waals surface area contributed by atoms with Gasteiger partial charge < -0.3 is 20.4 Å². The van der Waals surface area contributed by atoms with Gasteiger partial charge in [-0.05, 0) is 38.5 Å². The molecule has 4 N–H and O–H groups in total. The van der Waals surface area contributed by atoms with E-state index in [2.05, 4.69) is 0 Å². The van der Waals surface area contributed by atoms with Crippen molar-refractivity contribution in [2.45, 2.75) is 103 Å². The predicted octanol–water partition coefficient (Wildman–Crippen LogP) is 3.69. The van der Waals surface area contributed by atoms with E-state index in [1.807, 2.05) is 0 Å². The largest absolute Gasteiger partial charge is 0.481 e. The Morgan fingerprint density at radius 1 is 0.500 bits per heavy atom. The summed E-state index contributed by atoms with van der Waals surface area (Å²) in [6, 6.07) is 0. The molecule has 1 fully saturated rings. The number of carbonyl (C=O) groups is 6. The van der Waals surface area contributed by atoms with Gasteiger partial charge in [0.15, 0.2) is 0 Å². The summed E-state index contributed by atoms with van der Waals surface area (Å²) in [6.07, 6.45) is 2.10. The Labute approximate surface area is 198 Å². The summed E-state index contributed by atoms with van der Waals surface area (Å²) in [5.74, 6) is -6.47. The maximum Gasteiger partial charge on any atom is 0.303 e. The molecular weight excluding hydrogens is 448 g/mol. The average molecular weight is 485 g/mol. The lowest BCUT2D eigenvalue weighted by molar-refractivity contribution is -0.153. The number of carboxylic acid groups (broad SMARTS) is 4. The molecule has 10 heteroatoms. The van der Waals surface area contributed by atoms with Crippen molar-refractivity contribution in [2.24, 2.45) is 10.8 Å². The first-order valence-corrected chi connectivity index (χ1v) is 11.9. The summed E-state index contributed by atoms with van der Waals surface area (Å²) in [4.78, 5) is 72.9. The molecule has 0 amide bonds. The van der Waals surface area contributed by atoms with Crippen LogP contribution in [0.5, 0.6) is 0 Å². The smallest absolute Gasteiger partial charge is 0.303 e. The summed E-state index contributed by atoms with van der Waals surface area (Å²) in [6.45, 7) is 0. The highest BCUT2D eigenvalue weighted by Gasteiger charge is 2.49. The fourth-order valence-electron chi connectivity index (χ4n) is 4.93. The van der Waals surface area contributed by atoms with Gasteiger partial charge in [-0.25, -0.2) is 0 Å². The number of ketones is 2. The summed E-state index contributed by atoms with van der Waals surface area (Å²) in [7, 11) is 0. The van der Waals surface area contributed by atoms with E-state index in [0.29, 0.717) is 12.8 Å². The number of carboxylic acids is 4. The third-order valence-corrected chi connectivity index (χ3v) is 7.00.